The molecule has 2 rings (SSSR count). The van der Waals surface area contributed by atoms with E-state index in [4.69, 9.17) is 33.7 Å². The van der Waals surface area contributed by atoms with Crippen LogP contribution in [0.2, 0.25) is 10.0 Å². The van der Waals surface area contributed by atoms with Crippen molar-refractivity contribution in [3.05, 3.63) is 62.1 Å². The van der Waals surface area contributed by atoms with E-state index < -0.39 is 28.5 Å². The molecule has 10 heteroatoms. The van der Waals surface area contributed by atoms with Gasteiger partial charge in [-0.1, -0.05) is 55.6 Å². The third-order valence-electron chi connectivity index (χ3n) is 4.35. The standard InChI is InChI=1S/C19H19Cl2N3O5/c1-3-10(2)17(22)19(26)29-16-9-15(24(27)28)13(21)8-11(16)18(25)23-14-7-5-4-6-12(14)20/h4-10,17H,3,22H2,1-2H3,(H,23,25). The smallest absolute Gasteiger partial charge is 0.328 e. The molecule has 0 fully saturated rings. The van der Waals surface area contributed by atoms with Crippen molar-refractivity contribution in [1.82, 2.24) is 0 Å². The van der Waals surface area contributed by atoms with Crippen LogP contribution in [0.1, 0.15) is 30.6 Å². The summed E-state index contributed by atoms with van der Waals surface area (Å²) in [6, 6.07) is 7.51. The third kappa shape index (κ3) is 5.44. The minimum Gasteiger partial charge on any atom is -0.424 e. The van der Waals surface area contributed by atoms with Gasteiger partial charge in [-0.25, -0.2) is 4.79 Å². The van der Waals surface area contributed by atoms with Gasteiger partial charge in [-0.05, 0) is 24.1 Å². The molecular formula is C19H19Cl2N3O5. The molecule has 0 spiro atoms. The zero-order valence-corrected chi connectivity index (χ0v) is 17.2. The van der Waals surface area contributed by atoms with E-state index in [-0.39, 0.29) is 27.3 Å². The molecule has 29 heavy (non-hydrogen) atoms. The Morgan fingerprint density at radius 2 is 1.90 bits per heavy atom. The number of carbonyl (C=O) groups excluding carboxylic acids is 2. The average Bonchev–Trinajstić information content (AvgIpc) is 2.69. The second-order valence-corrected chi connectivity index (χ2v) is 7.14. The van der Waals surface area contributed by atoms with E-state index in [0.29, 0.717) is 12.1 Å². The quantitative estimate of drug-likeness (QED) is 0.284. The van der Waals surface area contributed by atoms with Crippen molar-refractivity contribution in [3.8, 4) is 5.75 Å². The van der Waals surface area contributed by atoms with Gasteiger partial charge in [0.05, 0.1) is 27.3 Å². The Morgan fingerprint density at radius 1 is 1.24 bits per heavy atom. The van der Waals surface area contributed by atoms with Crippen LogP contribution >= 0.6 is 23.2 Å². The van der Waals surface area contributed by atoms with Crippen molar-refractivity contribution in [2.24, 2.45) is 11.7 Å². The van der Waals surface area contributed by atoms with Gasteiger partial charge in [0.1, 0.15) is 11.1 Å². The van der Waals surface area contributed by atoms with E-state index in [1.165, 1.54) is 0 Å². The maximum Gasteiger partial charge on any atom is 0.328 e. The lowest BCUT2D eigenvalue weighted by Gasteiger charge is -2.18. The highest BCUT2D eigenvalue weighted by molar-refractivity contribution is 6.34. The molecule has 0 radical (unpaired) electrons. The van der Waals surface area contributed by atoms with E-state index in [0.717, 1.165) is 12.1 Å². The van der Waals surface area contributed by atoms with Gasteiger partial charge in [-0.15, -0.1) is 0 Å². The number of anilines is 1. The summed E-state index contributed by atoms with van der Waals surface area (Å²) in [7, 11) is 0. The second kappa shape index (κ2) is 9.69. The monoisotopic (exact) mass is 439 g/mol. The minimum absolute atomic E-state index is 0.176. The SMILES string of the molecule is CCC(C)C(N)C(=O)Oc1cc([N+](=O)[O-])c(Cl)cc1C(=O)Nc1ccccc1Cl. The fraction of sp³-hybridized carbons (Fsp3) is 0.263. The predicted molar refractivity (Wildman–Crippen MR) is 111 cm³/mol. The molecule has 0 aliphatic rings. The van der Waals surface area contributed by atoms with Gasteiger partial charge < -0.3 is 15.8 Å². The summed E-state index contributed by atoms with van der Waals surface area (Å²) in [5.41, 5.74) is 5.48. The first-order valence-corrected chi connectivity index (χ1v) is 9.42. The Labute approximate surface area is 177 Å². The molecule has 0 bridgehead atoms. The lowest BCUT2D eigenvalue weighted by Crippen LogP contribution is -2.39. The first kappa shape index (κ1) is 22.6. The maximum atomic E-state index is 12.7. The highest BCUT2D eigenvalue weighted by Gasteiger charge is 2.27. The number of carbonyl (C=O) groups is 2. The van der Waals surface area contributed by atoms with Gasteiger partial charge in [0.25, 0.3) is 11.6 Å². The van der Waals surface area contributed by atoms with Crippen LogP contribution in [-0.2, 0) is 4.79 Å². The number of hydrogen-bond acceptors (Lipinski definition) is 6. The van der Waals surface area contributed by atoms with E-state index in [1.807, 2.05) is 6.92 Å². The summed E-state index contributed by atoms with van der Waals surface area (Å²) >= 11 is 12.0. The lowest BCUT2D eigenvalue weighted by atomic mass is 10.0. The molecule has 0 saturated carbocycles. The van der Waals surface area contributed by atoms with Crippen molar-refractivity contribution in [2.45, 2.75) is 26.3 Å². The van der Waals surface area contributed by atoms with Crippen LogP contribution in [0.15, 0.2) is 36.4 Å². The second-order valence-electron chi connectivity index (χ2n) is 6.32. The highest BCUT2D eigenvalue weighted by atomic mass is 35.5. The zero-order chi connectivity index (χ0) is 21.7. The first-order chi connectivity index (χ1) is 13.6. The third-order valence-corrected chi connectivity index (χ3v) is 4.98. The number of para-hydroxylation sites is 1. The van der Waals surface area contributed by atoms with Crippen molar-refractivity contribution >= 4 is 46.5 Å². The molecular weight excluding hydrogens is 421 g/mol. The summed E-state index contributed by atoms with van der Waals surface area (Å²) in [4.78, 5) is 35.6. The molecule has 8 nitrogen and oxygen atoms in total. The minimum atomic E-state index is -0.964. The summed E-state index contributed by atoms with van der Waals surface area (Å²) in [5, 5.41) is 13.8. The predicted octanol–water partition coefficient (Wildman–Crippen LogP) is 4.43. The van der Waals surface area contributed by atoms with Crippen LogP contribution < -0.4 is 15.8 Å². The average molecular weight is 440 g/mol. The Kier molecular flexibility index (Phi) is 7.55. The molecule has 3 N–H and O–H groups in total. The molecule has 2 aromatic rings. The number of hydrogen-bond donors (Lipinski definition) is 2. The van der Waals surface area contributed by atoms with Crippen molar-refractivity contribution in [3.63, 3.8) is 0 Å². The molecule has 2 unspecified atom stereocenters. The molecule has 0 aromatic heterocycles. The topological polar surface area (TPSA) is 125 Å². The molecule has 154 valence electrons. The lowest BCUT2D eigenvalue weighted by molar-refractivity contribution is -0.384. The summed E-state index contributed by atoms with van der Waals surface area (Å²) < 4.78 is 5.24. The normalized spacial score (nSPS) is 12.7. The van der Waals surface area contributed by atoms with Gasteiger partial charge in [-0.3, -0.25) is 14.9 Å². The van der Waals surface area contributed by atoms with Gasteiger partial charge in [-0.2, -0.15) is 0 Å². The number of nitrogens with two attached hydrogens (primary N) is 1. The molecule has 1 amide bonds. The van der Waals surface area contributed by atoms with Crippen LogP contribution in [0.3, 0.4) is 0 Å². The number of halogens is 2. The van der Waals surface area contributed by atoms with E-state index >= 15 is 0 Å². The summed E-state index contributed by atoms with van der Waals surface area (Å²) in [5.74, 6) is -2.04. The maximum absolute atomic E-state index is 12.7. The number of amides is 1. The van der Waals surface area contributed by atoms with Gasteiger partial charge >= 0.3 is 5.97 Å². The number of nitro benzene ring substituents is 1. The van der Waals surface area contributed by atoms with E-state index in [1.54, 1.807) is 31.2 Å². The number of nitrogens with one attached hydrogen (secondary N) is 1. The Morgan fingerprint density at radius 3 is 2.48 bits per heavy atom. The molecule has 2 atom stereocenters. The number of nitro groups is 1. The molecule has 2 aromatic carbocycles. The summed E-state index contributed by atoms with van der Waals surface area (Å²) in [6.07, 6.45) is 0.622. The number of ether oxygens (including phenoxy) is 1. The van der Waals surface area contributed by atoms with Crippen LogP contribution in [0.25, 0.3) is 0 Å². The fourth-order valence-electron chi connectivity index (χ4n) is 2.36. The number of benzene rings is 2. The van der Waals surface area contributed by atoms with Crippen LogP contribution in [0.5, 0.6) is 5.75 Å². The number of rotatable bonds is 7. The zero-order valence-electron chi connectivity index (χ0n) is 15.6. The van der Waals surface area contributed by atoms with Crippen molar-refractivity contribution in [2.75, 3.05) is 5.32 Å². The highest BCUT2D eigenvalue weighted by Crippen LogP contribution is 2.34. The Bertz CT molecular complexity index is 951. The number of esters is 1. The van der Waals surface area contributed by atoms with Crippen LogP contribution in [0.4, 0.5) is 11.4 Å². The van der Waals surface area contributed by atoms with Crippen molar-refractivity contribution < 1.29 is 19.2 Å². The fourth-order valence-corrected chi connectivity index (χ4v) is 2.77. The first-order valence-electron chi connectivity index (χ1n) is 8.66. The van der Waals surface area contributed by atoms with Gasteiger partial charge in [0, 0.05) is 0 Å². The molecule has 0 saturated heterocycles. The van der Waals surface area contributed by atoms with E-state index in [9.17, 15) is 19.7 Å². The Hall–Kier alpha value is -2.68. The van der Waals surface area contributed by atoms with Crippen LogP contribution in [-0.4, -0.2) is 22.8 Å². The van der Waals surface area contributed by atoms with E-state index in [2.05, 4.69) is 5.32 Å². The molecule has 0 heterocycles. The molecule has 0 aliphatic carbocycles. The summed E-state index contributed by atoms with van der Waals surface area (Å²) in [6.45, 7) is 3.62. The Balaban J connectivity index is 2.43. The van der Waals surface area contributed by atoms with Gasteiger partial charge in [0.2, 0.25) is 0 Å². The number of nitrogens with zero attached hydrogens (tertiary/aromatic N) is 1. The largest absolute Gasteiger partial charge is 0.424 e. The van der Waals surface area contributed by atoms with Gasteiger partial charge in [0.15, 0.2) is 5.75 Å². The molecule has 0 aliphatic heterocycles. The van der Waals surface area contributed by atoms with Crippen molar-refractivity contribution in [1.29, 1.82) is 0 Å². The van der Waals surface area contributed by atoms with Crippen LogP contribution in [0, 0.1) is 16.0 Å².